The molecule has 3 heterocycles. The van der Waals surface area contributed by atoms with Gasteiger partial charge in [-0.25, -0.2) is 9.88 Å². The van der Waals surface area contributed by atoms with Crippen LogP contribution in [0, 0.1) is 0 Å². The number of aromatic nitrogens is 1. The van der Waals surface area contributed by atoms with E-state index in [2.05, 4.69) is 0 Å². The third-order valence-electron chi connectivity index (χ3n) is 10.1. The first-order chi connectivity index (χ1) is 27.7. The fourth-order valence-corrected chi connectivity index (χ4v) is 10.4. The lowest BCUT2D eigenvalue weighted by atomic mass is 9.97. The molecule has 0 N–H and O–H groups in total. The Hall–Kier alpha value is -4.49. The number of carbonyl (C=O) groups excluding carboxylic acids is 6. The fraction of sp³-hybridized carbons (Fsp3) is 0.0488. The lowest BCUT2D eigenvalue weighted by molar-refractivity contribution is 0.0641. The molecule has 4 amide bonds. The normalized spacial score (nSPS) is 15.9. The van der Waals surface area contributed by atoms with E-state index in [0.717, 1.165) is 26.5 Å². The van der Waals surface area contributed by atoms with Gasteiger partial charge in [0, 0.05) is 10.3 Å². The standard InChI is InChI=1S/C41H16Cl7N3O6S/c42-27-23-24(30(45)37(33(27)48)58-16-6-2-1-3-7-16)36(53)22(35(23)52)20-12-11-17-15(14-50-38(54)18-8-4-5-9-19(18)39(50)55)10-13-21(34(17)49-20)51-40(56)25-26(41(51)57)29(44)32(47)31(46)28(25)43/h1-13,22H,14H2. The molecule has 0 radical (unpaired) electrons. The molecule has 0 spiro atoms. The Kier molecular flexibility index (Phi) is 9.65. The van der Waals surface area contributed by atoms with Crippen LogP contribution in [0.2, 0.25) is 35.2 Å². The van der Waals surface area contributed by atoms with Gasteiger partial charge in [0.2, 0.25) is 0 Å². The van der Waals surface area contributed by atoms with Crippen LogP contribution in [0.5, 0.6) is 0 Å². The summed E-state index contributed by atoms with van der Waals surface area (Å²) in [7, 11) is 0. The summed E-state index contributed by atoms with van der Waals surface area (Å²) in [6.07, 6.45) is 0. The van der Waals surface area contributed by atoms with Gasteiger partial charge in [-0.05, 0) is 42.0 Å². The summed E-state index contributed by atoms with van der Waals surface area (Å²) in [5.41, 5.74) is -0.329. The van der Waals surface area contributed by atoms with Crippen LogP contribution in [0.25, 0.3) is 10.9 Å². The van der Waals surface area contributed by atoms with Crippen molar-refractivity contribution in [3.8, 4) is 0 Å². The molecule has 2 aliphatic heterocycles. The van der Waals surface area contributed by atoms with E-state index in [4.69, 9.17) is 86.2 Å². The number of halogens is 7. The number of anilines is 1. The van der Waals surface area contributed by atoms with Crippen molar-refractivity contribution in [2.24, 2.45) is 0 Å². The fourth-order valence-electron chi connectivity index (χ4n) is 7.35. The van der Waals surface area contributed by atoms with Gasteiger partial charge < -0.3 is 0 Å². The second-order valence-corrected chi connectivity index (χ2v) is 16.9. The molecule has 6 aromatic rings. The quantitative estimate of drug-likeness (QED) is 0.0700. The number of amides is 4. The minimum atomic E-state index is -1.57. The number of pyridine rings is 1. The predicted molar refractivity (Wildman–Crippen MR) is 223 cm³/mol. The minimum Gasteiger partial charge on any atom is -0.293 e. The van der Waals surface area contributed by atoms with Crippen molar-refractivity contribution in [3.05, 3.63) is 159 Å². The molecule has 17 heteroatoms. The topological polar surface area (TPSA) is 122 Å². The maximum atomic E-state index is 14.3. The first-order valence-electron chi connectivity index (χ1n) is 16.9. The molecule has 58 heavy (non-hydrogen) atoms. The zero-order chi connectivity index (χ0) is 41.1. The zero-order valence-electron chi connectivity index (χ0n) is 28.6. The average Bonchev–Trinajstić information content (AvgIpc) is 3.75. The predicted octanol–water partition coefficient (Wildman–Crippen LogP) is 11.7. The third kappa shape index (κ3) is 5.65. The molecule has 1 aromatic heterocycles. The first kappa shape index (κ1) is 39.0. The number of Topliss-reactive ketones (excluding diaryl/α,β-unsaturated/α-hetero) is 2. The number of fused-ring (bicyclic) bond motifs is 4. The number of nitrogens with zero attached hydrogens (tertiary/aromatic N) is 3. The van der Waals surface area contributed by atoms with Crippen LogP contribution in [-0.2, 0) is 6.54 Å². The van der Waals surface area contributed by atoms with Crippen molar-refractivity contribution in [3.63, 3.8) is 0 Å². The van der Waals surface area contributed by atoms with Gasteiger partial charge in [-0.1, -0.05) is 135 Å². The Morgan fingerprint density at radius 1 is 0.534 bits per heavy atom. The van der Waals surface area contributed by atoms with E-state index in [1.54, 1.807) is 24.3 Å². The van der Waals surface area contributed by atoms with Gasteiger partial charge in [-0.2, -0.15) is 0 Å². The molecule has 0 saturated carbocycles. The average molecular weight is 927 g/mol. The minimum absolute atomic E-state index is 0.0178. The summed E-state index contributed by atoms with van der Waals surface area (Å²) in [6.45, 7) is -0.243. The second kappa shape index (κ2) is 14.4. The highest BCUT2D eigenvalue weighted by Crippen LogP contribution is 2.51. The van der Waals surface area contributed by atoms with Gasteiger partial charge in [0.05, 0.1) is 96.9 Å². The van der Waals surface area contributed by atoms with Crippen LogP contribution in [0.3, 0.4) is 0 Å². The molecule has 9 nitrogen and oxygen atoms in total. The van der Waals surface area contributed by atoms with E-state index in [-0.39, 0.29) is 102 Å². The van der Waals surface area contributed by atoms with Gasteiger partial charge >= 0.3 is 0 Å². The van der Waals surface area contributed by atoms with Crippen LogP contribution < -0.4 is 4.90 Å². The van der Waals surface area contributed by atoms with Crippen molar-refractivity contribution in [1.82, 2.24) is 9.88 Å². The largest absolute Gasteiger partial charge is 0.293 e. The molecule has 1 atom stereocenters. The maximum Gasteiger partial charge on any atom is 0.267 e. The van der Waals surface area contributed by atoms with Crippen molar-refractivity contribution in [2.75, 3.05) is 4.90 Å². The Morgan fingerprint density at radius 3 is 1.66 bits per heavy atom. The Morgan fingerprint density at radius 2 is 1.07 bits per heavy atom. The second-order valence-electron chi connectivity index (χ2n) is 13.2. The molecule has 0 saturated heterocycles. The lowest BCUT2D eigenvalue weighted by Gasteiger charge is -2.21. The lowest BCUT2D eigenvalue weighted by Crippen LogP contribution is -2.31. The van der Waals surface area contributed by atoms with Crippen LogP contribution in [0.4, 0.5) is 5.69 Å². The van der Waals surface area contributed by atoms with Gasteiger partial charge in [-0.15, -0.1) is 0 Å². The molecule has 1 aliphatic carbocycles. The summed E-state index contributed by atoms with van der Waals surface area (Å²) in [4.78, 5) is 91.2. The molecule has 5 aromatic carbocycles. The summed E-state index contributed by atoms with van der Waals surface area (Å²) < 4.78 is 0. The van der Waals surface area contributed by atoms with Crippen LogP contribution in [0.15, 0.2) is 88.7 Å². The molecule has 9 rings (SSSR count). The molecule has 286 valence electrons. The van der Waals surface area contributed by atoms with E-state index in [9.17, 15) is 28.8 Å². The summed E-state index contributed by atoms with van der Waals surface area (Å²) >= 11 is 46.8. The smallest absolute Gasteiger partial charge is 0.267 e. The van der Waals surface area contributed by atoms with Crippen molar-refractivity contribution in [2.45, 2.75) is 22.3 Å². The molecule has 0 bridgehead atoms. The summed E-state index contributed by atoms with van der Waals surface area (Å²) in [6, 6.07) is 21.3. The number of hydrogen-bond donors (Lipinski definition) is 0. The zero-order valence-corrected chi connectivity index (χ0v) is 34.7. The maximum absolute atomic E-state index is 14.3. The Labute approximate surface area is 366 Å². The molecule has 1 unspecified atom stereocenters. The van der Waals surface area contributed by atoms with Gasteiger partial charge in [0.1, 0.15) is 5.92 Å². The first-order valence-corrected chi connectivity index (χ1v) is 20.3. The number of imide groups is 2. The van der Waals surface area contributed by atoms with Crippen LogP contribution in [-0.4, -0.2) is 45.1 Å². The van der Waals surface area contributed by atoms with E-state index in [1.165, 1.54) is 24.3 Å². The van der Waals surface area contributed by atoms with E-state index >= 15 is 0 Å². The molecular formula is C41H16Cl7N3O6S. The van der Waals surface area contributed by atoms with Gasteiger partial charge in [-0.3, -0.25) is 33.7 Å². The highest BCUT2D eigenvalue weighted by molar-refractivity contribution is 7.99. The van der Waals surface area contributed by atoms with Gasteiger partial charge in [0.15, 0.2) is 11.6 Å². The van der Waals surface area contributed by atoms with Crippen molar-refractivity contribution in [1.29, 1.82) is 0 Å². The third-order valence-corrected chi connectivity index (χ3v) is 14.4. The number of benzene rings is 5. The molecule has 3 aliphatic rings. The van der Waals surface area contributed by atoms with Crippen molar-refractivity contribution >= 4 is 145 Å². The SMILES string of the molecule is O=C1c2c(Cl)c(Cl)c(Sc3ccccc3)c(Cl)c2C(=O)C1c1ccc2c(CN3C(=O)c4ccccc4C3=O)ccc(N3C(=O)c4c(Cl)c(Cl)c(Cl)c(Cl)c4C3=O)c2n1. The summed E-state index contributed by atoms with van der Waals surface area (Å²) in [5.74, 6) is -5.90. The van der Waals surface area contributed by atoms with Crippen LogP contribution >= 0.6 is 93.0 Å². The molecule has 0 fully saturated rings. The Bertz CT molecular complexity index is 2900. The monoisotopic (exact) mass is 923 g/mol. The number of rotatable bonds is 6. The van der Waals surface area contributed by atoms with Crippen molar-refractivity contribution < 1.29 is 28.8 Å². The van der Waals surface area contributed by atoms with Crippen LogP contribution in [0.1, 0.15) is 79.3 Å². The summed E-state index contributed by atoms with van der Waals surface area (Å²) in [5, 5.41) is -1.07. The van der Waals surface area contributed by atoms with E-state index in [0.29, 0.717) is 5.56 Å². The Balaban J connectivity index is 1.19. The van der Waals surface area contributed by atoms with E-state index in [1.807, 2.05) is 30.3 Å². The number of hydrogen-bond acceptors (Lipinski definition) is 8. The van der Waals surface area contributed by atoms with Gasteiger partial charge in [0.25, 0.3) is 23.6 Å². The highest BCUT2D eigenvalue weighted by Gasteiger charge is 2.47. The highest BCUT2D eigenvalue weighted by atomic mass is 35.5. The van der Waals surface area contributed by atoms with E-state index < -0.39 is 41.1 Å². The number of ketones is 2. The number of carbonyl (C=O) groups is 6. The molecular weight excluding hydrogens is 911 g/mol.